The van der Waals surface area contributed by atoms with Gasteiger partial charge < -0.3 is 14.5 Å². The minimum absolute atomic E-state index is 0.315. The predicted octanol–water partition coefficient (Wildman–Crippen LogP) is 3.30. The lowest BCUT2D eigenvalue weighted by Gasteiger charge is -2.09. The first-order valence-electron chi connectivity index (χ1n) is 7.37. The Labute approximate surface area is 150 Å². The summed E-state index contributed by atoms with van der Waals surface area (Å²) < 4.78 is 26.4. The number of imidazole rings is 1. The van der Waals surface area contributed by atoms with Crippen LogP contribution in [0.25, 0.3) is 22.6 Å². The van der Waals surface area contributed by atoms with E-state index in [1.807, 2.05) is 28.7 Å². The van der Waals surface area contributed by atoms with Crippen LogP contribution in [0, 0.1) is 9.39 Å². The molecule has 3 heterocycles. The van der Waals surface area contributed by atoms with Crippen LogP contribution in [-0.2, 0) is 17.7 Å². The number of nitrogens with zero attached hydrogens (tertiary/aromatic N) is 2. The molecule has 0 bridgehead atoms. The van der Waals surface area contributed by atoms with Crippen LogP contribution in [0.5, 0.6) is 0 Å². The fourth-order valence-electron chi connectivity index (χ4n) is 2.91. The maximum atomic E-state index is 13.8. The van der Waals surface area contributed by atoms with E-state index in [1.54, 1.807) is 0 Å². The summed E-state index contributed by atoms with van der Waals surface area (Å²) in [5.74, 6) is 1.18. The highest BCUT2D eigenvalue weighted by Crippen LogP contribution is 2.32. The van der Waals surface area contributed by atoms with Crippen LogP contribution >= 0.6 is 22.6 Å². The smallest absolute Gasteiger partial charge is 0.420 e. The number of rotatable bonds is 1. The van der Waals surface area contributed by atoms with Crippen molar-refractivity contribution in [2.24, 2.45) is 0 Å². The molecular formula is C16H13FIN3O3. The lowest BCUT2D eigenvalue weighted by Crippen LogP contribution is -2.22. The minimum Gasteiger partial charge on any atom is -0.456 e. The van der Waals surface area contributed by atoms with Gasteiger partial charge in [0.15, 0.2) is 11.6 Å². The zero-order valence-corrected chi connectivity index (χ0v) is 14.9. The molecule has 6 nitrogen and oxygen atoms in total. The van der Waals surface area contributed by atoms with E-state index in [-0.39, 0.29) is 0 Å². The average molecular weight is 441 g/mol. The molecule has 1 aliphatic heterocycles. The van der Waals surface area contributed by atoms with E-state index in [2.05, 4.69) is 10.3 Å². The molecule has 0 fully saturated rings. The molecule has 3 aromatic rings. The van der Waals surface area contributed by atoms with Crippen molar-refractivity contribution in [2.45, 2.75) is 13.0 Å². The van der Waals surface area contributed by atoms with Crippen molar-refractivity contribution in [3.63, 3.8) is 0 Å². The van der Waals surface area contributed by atoms with Gasteiger partial charge in [-0.25, -0.2) is 18.7 Å². The zero-order valence-electron chi connectivity index (χ0n) is 12.7. The molecule has 1 aromatic carbocycles. The summed E-state index contributed by atoms with van der Waals surface area (Å²) in [7, 11) is 1.28. The van der Waals surface area contributed by atoms with E-state index in [1.165, 1.54) is 23.8 Å². The molecule has 4 rings (SSSR count). The Bertz CT molecular complexity index is 940. The molecule has 0 radical (unpaired) electrons. The molecule has 0 atom stereocenters. The molecule has 0 amide bonds. The lowest BCUT2D eigenvalue weighted by atomic mass is 10.1. The molecule has 1 aliphatic rings. The number of carbonyl (C=O) groups is 1. The van der Waals surface area contributed by atoms with Crippen LogP contribution in [0.4, 0.5) is 9.18 Å². The molecule has 0 saturated carbocycles. The van der Waals surface area contributed by atoms with Gasteiger partial charge in [0.25, 0.3) is 0 Å². The van der Waals surface area contributed by atoms with Crippen LogP contribution < -0.4 is 5.32 Å². The van der Waals surface area contributed by atoms with Gasteiger partial charge in [-0.1, -0.05) is 0 Å². The van der Waals surface area contributed by atoms with Gasteiger partial charge in [0.1, 0.15) is 17.1 Å². The van der Waals surface area contributed by atoms with Gasteiger partial charge in [-0.05, 0) is 53.3 Å². The summed E-state index contributed by atoms with van der Waals surface area (Å²) in [6.07, 6.45) is 0.213. The van der Waals surface area contributed by atoms with Crippen molar-refractivity contribution in [1.29, 1.82) is 0 Å². The summed E-state index contributed by atoms with van der Waals surface area (Å²) in [6.45, 7) is 1.52. The van der Waals surface area contributed by atoms with Gasteiger partial charge in [0.2, 0.25) is 0 Å². The average Bonchev–Trinajstić information content (AvgIpc) is 3.15. The highest BCUT2D eigenvalue weighted by atomic mass is 127. The lowest BCUT2D eigenvalue weighted by molar-refractivity contribution is 0.174. The Kier molecular flexibility index (Phi) is 3.80. The predicted molar refractivity (Wildman–Crippen MR) is 93.3 cm³/mol. The molecule has 0 unspecified atom stereocenters. The fourth-order valence-corrected chi connectivity index (χ4v) is 3.60. The molecule has 0 aliphatic carbocycles. The summed E-state index contributed by atoms with van der Waals surface area (Å²) >= 11 is 2.00. The number of ether oxygens (including phenoxy) is 1. The minimum atomic E-state index is -0.638. The molecule has 124 valence electrons. The number of furan rings is 1. The first kappa shape index (κ1) is 15.6. The van der Waals surface area contributed by atoms with E-state index in [0.29, 0.717) is 32.7 Å². The maximum Gasteiger partial charge on any atom is 0.420 e. The standard InChI is InChI=1S/C16H13FIN3O3/c1-23-16(22)21-11-6-9(17)5-10(18)14(11)20-15(21)12-4-8-2-3-19-7-13(8)24-12/h4-6,19H,2-3,7H2,1H3. The van der Waals surface area contributed by atoms with Gasteiger partial charge in [-0.2, -0.15) is 0 Å². The number of methoxy groups -OCH3 is 1. The largest absolute Gasteiger partial charge is 0.456 e. The van der Waals surface area contributed by atoms with E-state index >= 15 is 0 Å². The number of carbonyl (C=O) groups excluding carboxylic acids is 1. The Morgan fingerprint density at radius 1 is 1.46 bits per heavy atom. The van der Waals surface area contributed by atoms with Crippen LogP contribution in [0.2, 0.25) is 0 Å². The highest BCUT2D eigenvalue weighted by molar-refractivity contribution is 14.1. The van der Waals surface area contributed by atoms with Gasteiger partial charge >= 0.3 is 6.09 Å². The molecule has 8 heteroatoms. The Hall–Kier alpha value is -1.94. The number of nitrogens with one attached hydrogen (secondary N) is 1. The van der Waals surface area contributed by atoms with Gasteiger partial charge in [0, 0.05) is 9.64 Å². The van der Waals surface area contributed by atoms with E-state index in [4.69, 9.17) is 9.15 Å². The van der Waals surface area contributed by atoms with Crippen LogP contribution in [-0.4, -0.2) is 29.3 Å². The fraction of sp³-hybridized carbons (Fsp3) is 0.250. The number of fused-ring (bicyclic) bond motifs is 2. The normalized spacial score (nSPS) is 14.0. The van der Waals surface area contributed by atoms with E-state index in [9.17, 15) is 9.18 Å². The van der Waals surface area contributed by atoms with Crippen LogP contribution in [0.3, 0.4) is 0 Å². The highest BCUT2D eigenvalue weighted by Gasteiger charge is 2.25. The third-order valence-corrected chi connectivity index (χ3v) is 4.83. The molecule has 24 heavy (non-hydrogen) atoms. The summed E-state index contributed by atoms with van der Waals surface area (Å²) in [4.78, 5) is 16.8. The number of benzene rings is 1. The summed E-state index contributed by atoms with van der Waals surface area (Å²) in [5.41, 5.74) is 1.98. The topological polar surface area (TPSA) is 69.3 Å². The monoisotopic (exact) mass is 441 g/mol. The second-order valence-electron chi connectivity index (χ2n) is 5.48. The van der Waals surface area contributed by atoms with Crippen LogP contribution in [0.15, 0.2) is 22.6 Å². The van der Waals surface area contributed by atoms with Crippen molar-refractivity contribution in [1.82, 2.24) is 14.9 Å². The van der Waals surface area contributed by atoms with Crippen molar-refractivity contribution in [3.05, 3.63) is 38.9 Å². The molecule has 0 spiro atoms. The third-order valence-electron chi connectivity index (χ3n) is 4.01. The van der Waals surface area contributed by atoms with Gasteiger partial charge in [0.05, 0.1) is 19.2 Å². The first-order chi connectivity index (χ1) is 11.6. The van der Waals surface area contributed by atoms with E-state index in [0.717, 1.165) is 24.3 Å². The molecule has 1 N–H and O–H groups in total. The Morgan fingerprint density at radius 3 is 3.04 bits per heavy atom. The maximum absolute atomic E-state index is 13.8. The van der Waals surface area contributed by atoms with Gasteiger partial charge in [-0.15, -0.1) is 0 Å². The van der Waals surface area contributed by atoms with Crippen molar-refractivity contribution >= 4 is 39.7 Å². The Balaban J connectivity index is 1.99. The second kappa shape index (κ2) is 5.85. The summed E-state index contributed by atoms with van der Waals surface area (Å²) in [6, 6.07) is 4.54. The van der Waals surface area contributed by atoms with E-state index < -0.39 is 11.9 Å². The zero-order chi connectivity index (χ0) is 16.8. The van der Waals surface area contributed by atoms with Crippen LogP contribution in [0.1, 0.15) is 11.3 Å². The SMILES string of the molecule is COC(=O)n1c(-c2cc3c(o2)CNCC3)nc2c(I)cc(F)cc21. The number of hydrogen-bond acceptors (Lipinski definition) is 5. The van der Waals surface area contributed by atoms with Crippen molar-refractivity contribution in [2.75, 3.05) is 13.7 Å². The Morgan fingerprint density at radius 2 is 2.29 bits per heavy atom. The van der Waals surface area contributed by atoms with Crippen molar-refractivity contribution < 1.29 is 18.3 Å². The number of hydrogen-bond donors (Lipinski definition) is 1. The van der Waals surface area contributed by atoms with Crippen molar-refractivity contribution in [3.8, 4) is 11.6 Å². The van der Waals surface area contributed by atoms with Gasteiger partial charge in [-0.3, -0.25) is 0 Å². The number of halogens is 2. The third kappa shape index (κ3) is 2.40. The first-order valence-corrected chi connectivity index (χ1v) is 8.45. The molecule has 2 aromatic heterocycles. The second-order valence-corrected chi connectivity index (χ2v) is 6.64. The summed E-state index contributed by atoms with van der Waals surface area (Å²) in [5, 5.41) is 3.23. The molecule has 0 saturated heterocycles. The number of aromatic nitrogens is 2. The quantitative estimate of drug-likeness (QED) is 0.588. The molecular weight excluding hydrogens is 428 g/mol.